The summed E-state index contributed by atoms with van der Waals surface area (Å²) in [5.74, 6) is 1.34. The average molecular weight is 391 g/mol. The van der Waals surface area contributed by atoms with Gasteiger partial charge in [-0.3, -0.25) is 0 Å². The summed E-state index contributed by atoms with van der Waals surface area (Å²) < 4.78 is 14.0. The molecule has 2 aromatic carbocycles. The Kier molecular flexibility index (Phi) is 6.15. The van der Waals surface area contributed by atoms with E-state index in [0.717, 1.165) is 49.0 Å². The fourth-order valence-electron chi connectivity index (χ4n) is 5.59. The van der Waals surface area contributed by atoms with E-state index < -0.39 is 0 Å². The van der Waals surface area contributed by atoms with E-state index >= 15 is 0 Å². The molecule has 3 atom stereocenters. The predicted octanol–water partition coefficient (Wildman–Crippen LogP) is 4.59. The molecule has 29 heavy (non-hydrogen) atoms. The summed E-state index contributed by atoms with van der Waals surface area (Å²) in [6, 6.07) is 12.7. The Balaban J connectivity index is 1.33. The second-order valence-electron chi connectivity index (χ2n) is 9.78. The fraction of sp³-hybridized carbons (Fsp3) is 0.538. The van der Waals surface area contributed by atoms with E-state index in [4.69, 9.17) is 5.73 Å². The summed E-state index contributed by atoms with van der Waals surface area (Å²) in [7, 11) is 2.04. The Morgan fingerprint density at radius 3 is 2.79 bits per heavy atom. The van der Waals surface area contributed by atoms with Gasteiger partial charge in [-0.15, -0.1) is 0 Å². The van der Waals surface area contributed by atoms with Gasteiger partial charge in [0.25, 0.3) is 0 Å². The maximum absolute atomic E-state index is 14.0. The second-order valence-corrected chi connectivity index (χ2v) is 9.78. The molecule has 1 saturated carbocycles. The van der Waals surface area contributed by atoms with Gasteiger partial charge in [0, 0.05) is 5.54 Å². The smallest absolute Gasteiger partial charge is 0.139 e. The summed E-state index contributed by atoms with van der Waals surface area (Å²) in [6.45, 7) is 2.22. The Hall–Kier alpha value is -1.61. The monoisotopic (exact) mass is 391 g/mol. The molecule has 1 nitrogen and oxygen atoms in total. The highest BCUT2D eigenvalue weighted by Crippen LogP contribution is 2.42. The Morgan fingerprint density at radius 2 is 2.00 bits per heavy atom. The zero-order valence-electron chi connectivity index (χ0n) is 18.1. The first-order chi connectivity index (χ1) is 14.0. The summed E-state index contributed by atoms with van der Waals surface area (Å²) in [5.41, 5.74) is 13.2. The number of fused-ring (bicyclic) bond motifs is 1. The van der Waals surface area contributed by atoms with Crippen LogP contribution >= 0.6 is 0 Å². The van der Waals surface area contributed by atoms with Crippen molar-refractivity contribution in [3.05, 3.63) is 64.5 Å². The van der Waals surface area contributed by atoms with Crippen LogP contribution in [0.25, 0.3) is 0 Å². The van der Waals surface area contributed by atoms with Crippen molar-refractivity contribution < 1.29 is 4.39 Å². The zero-order chi connectivity index (χ0) is 20.4. The molecule has 0 bridgehead atoms. The van der Waals surface area contributed by atoms with Gasteiger partial charge < -0.3 is 5.73 Å². The first-order valence-corrected chi connectivity index (χ1v) is 11.6. The van der Waals surface area contributed by atoms with E-state index in [-0.39, 0.29) is 11.4 Å². The van der Waals surface area contributed by atoms with Crippen LogP contribution in [-0.4, -0.2) is 13.4 Å². The third-order valence-electron chi connectivity index (χ3n) is 7.64. The number of benzene rings is 2. The van der Waals surface area contributed by atoms with Crippen molar-refractivity contribution in [3.8, 4) is 0 Å². The number of hydrogen-bond donors (Lipinski definition) is 1. The van der Waals surface area contributed by atoms with Crippen molar-refractivity contribution in [2.75, 3.05) is 0 Å². The van der Waals surface area contributed by atoms with Gasteiger partial charge in [-0.25, -0.2) is 4.39 Å². The van der Waals surface area contributed by atoms with Crippen molar-refractivity contribution >= 4 is 13.3 Å². The van der Waals surface area contributed by atoms with Gasteiger partial charge in [-0.2, -0.15) is 0 Å². The minimum Gasteiger partial charge on any atom is -0.325 e. The summed E-state index contributed by atoms with van der Waals surface area (Å²) in [5, 5.41) is 0. The van der Waals surface area contributed by atoms with Crippen molar-refractivity contribution in [2.45, 2.75) is 82.6 Å². The molecule has 2 aromatic rings. The third kappa shape index (κ3) is 4.77. The van der Waals surface area contributed by atoms with E-state index in [1.54, 1.807) is 17.2 Å². The molecule has 0 aromatic heterocycles. The fourth-order valence-corrected chi connectivity index (χ4v) is 5.59. The van der Waals surface area contributed by atoms with Crippen LogP contribution in [-0.2, 0) is 19.3 Å². The molecule has 0 amide bonds. The molecule has 154 valence electrons. The number of nitrogens with two attached hydrogens (primary N) is 1. The Morgan fingerprint density at radius 1 is 1.14 bits per heavy atom. The number of hydrogen-bond acceptors (Lipinski definition) is 1. The minimum atomic E-state index is -0.0476. The van der Waals surface area contributed by atoms with Crippen LogP contribution in [0.5, 0.6) is 0 Å². The molecule has 0 radical (unpaired) electrons. The normalized spacial score (nSPS) is 26.4. The summed E-state index contributed by atoms with van der Waals surface area (Å²) in [6.07, 6.45) is 11.4. The maximum Gasteiger partial charge on any atom is 0.139 e. The lowest BCUT2D eigenvalue weighted by atomic mass is 9.79. The highest BCUT2D eigenvalue weighted by Gasteiger charge is 2.35. The van der Waals surface area contributed by atoms with E-state index in [1.165, 1.54) is 37.7 Å². The van der Waals surface area contributed by atoms with Gasteiger partial charge in [-0.1, -0.05) is 42.7 Å². The first-order valence-electron chi connectivity index (χ1n) is 11.6. The molecule has 2 aliphatic carbocycles. The van der Waals surface area contributed by atoms with E-state index in [0.29, 0.717) is 5.92 Å². The van der Waals surface area contributed by atoms with Crippen LogP contribution in [0.4, 0.5) is 4.39 Å². The van der Waals surface area contributed by atoms with Crippen molar-refractivity contribution in [2.24, 2.45) is 11.7 Å². The van der Waals surface area contributed by atoms with Crippen molar-refractivity contribution in [1.82, 2.24) is 0 Å². The van der Waals surface area contributed by atoms with Crippen molar-refractivity contribution in [1.29, 1.82) is 0 Å². The molecule has 4 rings (SSSR count). The molecule has 1 fully saturated rings. The van der Waals surface area contributed by atoms with Crippen LogP contribution in [0, 0.1) is 11.7 Å². The van der Waals surface area contributed by atoms with Gasteiger partial charge in [0.2, 0.25) is 0 Å². The van der Waals surface area contributed by atoms with Crippen LogP contribution in [0.2, 0.25) is 0 Å². The molecule has 2 aliphatic rings. The third-order valence-corrected chi connectivity index (χ3v) is 7.64. The first kappa shape index (κ1) is 20.7. The van der Waals surface area contributed by atoms with Crippen LogP contribution in [0.15, 0.2) is 36.4 Å². The number of halogens is 1. The summed E-state index contributed by atoms with van der Waals surface area (Å²) in [4.78, 5) is 0. The molecule has 0 saturated heterocycles. The molecular formula is C26H35BFN. The lowest BCUT2D eigenvalue weighted by molar-refractivity contribution is 0.412. The predicted molar refractivity (Wildman–Crippen MR) is 123 cm³/mol. The molecule has 0 aliphatic heterocycles. The highest BCUT2D eigenvalue weighted by atomic mass is 19.1. The van der Waals surface area contributed by atoms with Gasteiger partial charge in [0.15, 0.2) is 0 Å². The van der Waals surface area contributed by atoms with E-state index in [2.05, 4.69) is 25.1 Å². The second kappa shape index (κ2) is 8.64. The average Bonchev–Trinajstić information content (AvgIpc) is 3.13. The van der Waals surface area contributed by atoms with Gasteiger partial charge in [0.05, 0.1) is 0 Å². The topological polar surface area (TPSA) is 26.0 Å². The lowest BCUT2D eigenvalue weighted by Gasteiger charge is -2.26. The Labute approximate surface area is 176 Å². The number of rotatable bonds is 6. The lowest BCUT2D eigenvalue weighted by Crippen LogP contribution is -2.35. The van der Waals surface area contributed by atoms with E-state index in [1.807, 2.05) is 20.0 Å². The van der Waals surface area contributed by atoms with Crippen LogP contribution < -0.4 is 11.2 Å². The quantitative estimate of drug-likeness (QED) is 0.717. The molecule has 3 heteroatoms. The van der Waals surface area contributed by atoms with Crippen molar-refractivity contribution in [3.63, 3.8) is 0 Å². The molecule has 0 unspecified atom stereocenters. The van der Waals surface area contributed by atoms with Gasteiger partial charge in [0.1, 0.15) is 13.7 Å². The molecule has 2 N–H and O–H groups in total. The minimum absolute atomic E-state index is 0.0476. The van der Waals surface area contributed by atoms with E-state index in [9.17, 15) is 4.39 Å². The molecule has 0 heterocycles. The Bertz CT molecular complexity index is 864. The van der Waals surface area contributed by atoms with Crippen LogP contribution in [0.3, 0.4) is 0 Å². The number of aryl methyl sites for hydroxylation is 2. The molecular weight excluding hydrogens is 356 g/mol. The van der Waals surface area contributed by atoms with Gasteiger partial charge in [-0.05, 0) is 104 Å². The standard InChI is InChI=1S/C26H35BFN/c1-2-26(29)13-12-23(17-26)21-9-8-19-14-18(6-7-20(19)15-21)4-3-5-22-16-24(27)10-11-25(22)28/h8-11,15-16,18,23H,2-7,12-14,17,27,29H2,1H3/t18-,23+,26-/m1/s1. The SMILES string of the molecule is Bc1ccc(F)c(CCC[C@@H]2CCc3cc([C@H]4CC[C@](N)(CC)C4)ccc3C2)c1. The summed E-state index contributed by atoms with van der Waals surface area (Å²) >= 11 is 0. The molecule has 0 spiro atoms. The highest BCUT2D eigenvalue weighted by molar-refractivity contribution is 6.32. The van der Waals surface area contributed by atoms with Crippen LogP contribution in [0.1, 0.15) is 80.0 Å². The maximum atomic E-state index is 14.0. The van der Waals surface area contributed by atoms with Gasteiger partial charge >= 0.3 is 0 Å². The largest absolute Gasteiger partial charge is 0.325 e. The zero-order valence-corrected chi connectivity index (χ0v) is 18.1.